The van der Waals surface area contributed by atoms with Gasteiger partial charge in [-0.1, -0.05) is 36.3 Å². The molecular weight excluding hydrogens is 210 g/mol. The van der Waals surface area contributed by atoms with E-state index in [0.29, 0.717) is 6.61 Å². The first-order chi connectivity index (χ1) is 8.36. The predicted molar refractivity (Wildman–Crippen MR) is 71.0 cm³/mol. The number of hydrogen-bond acceptors (Lipinski definition) is 2. The van der Waals surface area contributed by atoms with Gasteiger partial charge in [0.1, 0.15) is 12.4 Å². The molecule has 2 rings (SSSR count). The molecule has 2 aromatic rings. The van der Waals surface area contributed by atoms with Crippen LogP contribution in [0.25, 0.3) is 10.8 Å². The molecule has 17 heavy (non-hydrogen) atoms. The summed E-state index contributed by atoms with van der Waals surface area (Å²) in [5.74, 6) is 3.35. The van der Waals surface area contributed by atoms with Crippen molar-refractivity contribution in [3.05, 3.63) is 42.0 Å². The first-order valence-electron chi connectivity index (χ1n) is 5.58. The Morgan fingerprint density at radius 3 is 2.82 bits per heavy atom. The Morgan fingerprint density at radius 1 is 1.24 bits per heavy atom. The molecule has 0 unspecified atom stereocenters. The Morgan fingerprint density at radius 2 is 2.06 bits per heavy atom. The highest BCUT2D eigenvalue weighted by Gasteiger charge is 2.07. The maximum atomic E-state index is 5.57. The smallest absolute Gasteiger partial charge is 0.148 e. The molecule has 0 heterocycles. The number of rotatable bonds is 4. The molecular formula is C15H15NO. The third kappa shape index (κ3) is 2.41. The van der Waals surface area contributed by atoms with Gasteiger partial charge in [-0.2, -0.15) is 0 Å². The highest BCUT2D eigenvalue weighted by molar-refractivity contribution is 5.87. The maximum absolute atomic E-state index is 5.57. The molecule has 0 aliphatic carbocycles. The topological polar surface area (TPSA) is 21.3 Å². The van der Waals surface area contributed by atoms with Gasteiger partial charge in [0.15, 0.2) is 0 Å². The fraction of sp³-hybridized carbons (Fsp3) is 0.200. The predicted octanol–water partition coefficient (Wildman–Crippen LogP) is 2.57. The average Bonchev–Trinajstić information content (AvgIpc) is 2.38. The van der Waals surface area contributed by atoms with Gasteiger partial charge in [0.05, 0.1) is 0 Å². The fourth-order valence-electron chi connectivity index (χ4n) is 1.93. The Bertz CT molecular complexity index is 554. The number of benzene rings is 2. The monoisotopic (exact) mass is 225 g/mol. The second kappa shape index (κ2) is 5.38. The van der Waals surface area contributed by atoms with E-state index < -0.39 is 0 Å². The summed E-state index contributed by atoms with van der Waals surface area (Å²) in [6.45, 7) is 1.07. The van der Waals surface area contributed by atoms with Gasteiger partial charge >= 0.3 is 0 Å². The summed E-state index contributed by atoms with van der Waals surface area (Å²) in [4.78, 5) is 0. The molecule has 0 aliphatic rings. The van der Waals surface area contributed by atoms with Gasteiger partial charge in [-0.25, -0.2) is 0 Å². The van der Waals surface area contributed by atoms with E-state index in [1.807, 2.05) is 25.2 Å². The summed E-state index contributed by atoms with van der Waals surface area (Å²) in [5.41, 5.74) is 1.15. The number of fused-ring (bicyclic) bond motifs is 1. The summed E-state index contributed by atoms with van der Waals surface area (Å²) in [5, 5.41) is 5.58. The van der Waals surface area contributed by atoms with Crippen molar-refractivity contribution in [3.8, 4) is 18.1 Å². The molecule has 1 N–H and O–H groups in total. The summed E-state index contributed by atoms with van der Waals surface area (Å²) >= 11 is 0. The third-order valence-electron chi connectivity index (χ3n) is 2.66. The number of terminal acetylenes is 1. The van der Waals surface area contributed by atoms with Crippen molar-refractivity contribution in [1.82, 2.24) is 5.32 Å². The lowest BCUT2D eigenvalue weighted by molar-refractivity contribution is 0.366. The van der Waals surface area contributed by atoms with E-state index in [4.69, 9.17) is 11.2 Å². The van der Waals surface area contributed by atoms with Crippen molar-refractivity contribution >= 4 is 10.8 Å². The van der Waals surface area contributed by atoms with E-state index in [0.717, 1.165) is 17.9 Å². The Kier molecular flexibility index (Phi) is 3.64. The molecule has 2 heteroatoms. The van der Waals surface area contributed by atoms with Crippen LogP contribution in [0.4, 0.5) is 0 Å². The fourth-order valence-corrected chi connectivity index (χ4v) is 1.93. The Balaban J connectivity index is 2.52. The molecule has 0 saturated heterocycles. The summed E-state index contributed by atoms with van der Waals surface area (Å²) in [6, 6.07) is 12.3. The van der Waals surface area contributed by atoms with E-state index in [9.17, 15) is 0 Å². The largest absolute Gasteiger partial charge is 0.481 e. The lowest BCUT2D eigenvalue weighted by Crippen LogP contribution is -2.08. The van der Waals surface area contributed by atoms with Crippen LogP contribution in [0.2, 0.25) is 0 Å². The summed E-state index contributed by atoms with van der Waals surface area (Å²) in [7, 11) is 1.92. The van der Waals surface area contributed by atoms with Crippen molar-refractivity contribution < 1.29 is 4.74 Å². The summed E-state index contributed by atoms with van der Waals surface area (Å²) < 4.78 is 5.57. The Hall–Kier alpha value is -1.98. The van der Waals surface area contributed by atoms with Crippen molar-refractivity contribution in [1.29, 1.82) is 0 Å². The van der Waals surface area contributed by atoms with E-state index in [1.54, 1.807) is 0 Å². The van der Waals surface area contributed by atoms with E-state index in [1.165, 1.54) is 10.8 Å². The normalized spacial score (nSPS) is 10.1. The minimum absolute atomic E-state index is 0.301. The van der Waals surface area contributed by atoms with Crippen molar-refractivity contribution in [2.75, 3.05) is 13.7 Å². The molecule has 0 bridgehead atoms. The second-order valence-electron chi connectivity index (χ2n) is 3.79. The van der Waals surface area contributed by atoms with Crippen molar-refractivity contribution in [2.45, 2.75) is 6.54 Å². The van der Waals surface area contributed by atoms with Gasteiger partial charge in [0.2, 0.25) is 0 Å². The Labute approximate surface area is 102 Å². The quantitative estimate of drug-likeness (QED) is 0.807. The first-order valence-corrected chi connectivity index (χ1v) is 5.58. The van der Waals surface area contributed by atoms with Gasteiger partial charge in [-0.3, -0.25) is 0 Å². The van der Waals surface area contributed by atoms with Crippen molar-refractivity contribution in [3.63, 3.8) is 0 Å². The maximum Gasteiger partial charge on any atom is 0.148 e. The van der Waals surface area contributed by atoms with Gasteiger partial charge in [-0.05, 0) is 23.9 Å². The highest BCUT2D eigenvalue weighted by atomic mass is 16.5. The second-order valence-corrected chi connectivity index (χ2v) is 3.79. The number of hydrogen-bond donors (Lipinski definition) is 1. The van der Waals surface area contributed by atoms with E-state index in [-0.39, 0.29) is 0 Å². The molecule has 0 spiro atoms. The van der Waals surface area contributed by atoms with Gasteiger partial charge in [0, 0.05) is 12.1 Å². The molecule has 0 radical (unpaired) electrons. The van der Waals surface area contributed by atoms with Crippen LogP contribution in [0.15, 0.2) is 36.4 Å². The van der Waals surface area contributed by atoms with Gasteiger partial charge in [-0.15, -0.1) is 6.42 Å². The highest BCUT2D eigenvalue weighted by Crippen LogP contribution is 2.27. The van der Waals surface area contributed by atoms with Crippen LogP contribution in [0, 0.1) is 12.3 Å². The minimum atomic E-state index is 0.301. The molecule has 2 aromatic carbocycles. The number of ether oxygens (including phenoxy) is 1. The van der Waals surface area contributed by atoms with Crippen LogP contribution >= 0.6 is 0 Å². The SMILES string of the molecule is C#CCOc1ccc2ccccc2c1CNC. The lowest BCUT2D eigenvalue weighted by Gasteiger charge is -2.12. The average molecular weight is 225 g/mol. The van der Waals surface area contributed by atoms with Crippen LogP contribution in [-0.2, 0) is 6.54 Å². The summed E-state index contributed by atoms with van der Waals surface area (Å²) in [6.07, 6.45) is 5.22. The minimum Gasteiger partial charge on any atom is -0.481 e. The first kappa shape index (κ1) is 11.5. The zero-order valence-electron chi connectivity index (χ0n) is 9.86. The van der Waals surface area contributed by atoms with Crippen LogP contribution in [0.3, 0.4) is 0 Å². The zero-order chi connectivity index (χ0) is 12.1. The van der Waals surface area contributed by atoms with Crippen LogP contribution < -0.4 is 10.1 Å². The van der Waals surface area contributed by atoms with Crippen molar-refractivity contribution in [2.24, 2.45) is 0 Å². The van der Waals surface area contributed by atoms with Crippen LogP contribution in [0.5, 0.6) is 5.75 Å². The van der Waals surface area contributed by atoms with E-state index >= 15 is 0 Å². The van der Waals surface area contributed by atoms with Gasteiger partial charge < -0.3 is 10.1 Å². The van der Waals surface area contributed by atoms with Gasteiger partial charge in [0.25, 0.3) is 0 Å². The third-order valence-corrected chi connectivity index (χ3v) is 2.66. The lowest BCUT2D eigenvalue weighted by atomic mass is 10.0. The molecule has 0 aliphatic heterocycles. The molecule has 0 fully saturated rings. The molecule has 0 atom stereocenters. The molecule has 0 saturated carbocycles. The van der Waals surface area contributed by atoms with Crippen LogP contribution in [0.1, 0.15) is 5.56 Å². The molecule has 86 valence electrons. The van der Waals surface area contributed by atoms with E-state index in [2.05, 4.69) is 29.4 Å². The number of nitrogens with one attached hydrogen (secondary N) is 1. The molecule has 0 amide bonds. The van der Waals surface area contributed by atoms with Crippen LogP contribution in [-0.4, -0.2) is 13.7 Å². The molecule has 2 nitrogen and oxygen atoms in total. The zero-order valence-corrected chi connectivity index (χ0v) is 9.86. The standard InChI is InChI=1S/C15H15NO/c1-3-10-17-15-9-8-12-6-4-5-7-13(12)14(15)11-16-2/h1,4-9,16H,10-11H2,2H3. The molecule has 0 aromatic heterocycles.